The van der Waals surface area contributed by atoms with Crippen LogP contribution in [0.4, 0.5) is 4.79 Å². The molecular weight excluding hydrogens is 128 g/mol. The molecule has 0 spiro atoms. The fourth-order valence-electron chi connectivity index (χ4n) is 1.11. The quantitative estimate of drug-likeness (QED) is 0.603. The lowest BCUT2D eigenvalue weighted by atomic mass is 10.0. The molecule has 0 radical (unpaired) electrons. The average molecular weight is 142 g/mol. The van der Waals surface area contributed by atoms with E-state index >= 15 is 0 Å². The first kappa shape index (κ1) is 7.38. The van der Waals surface area contributed by atoms with Crippen molar-refractivity contribution in [3.8, 4) is 0 Å². The van der Waals surface area contributed by atoms with Crippen LogP contribution in [0.15, 0.2) is 0 Å². The summed E-state index contributed by atoms with van der Waals surface area (Å²) in [6.07, 6.45) is 3.63. The summed E-state index contributed by atoms with van der Waals surface area (Å²) in [6, 6.07) is -0.403. The third-order valence-corrected chi connectivity index (χ3v) is 2.34. The molecule has 1 fully saturated rings. The molecule has 0 bridgehead atoms. The van der Waals surface area contributed by atoms with E-state index in [0.29, 0.717) is 5.41 Å². The molecule has 1 aliphatic carbocycles. The maximum Gasteiger partial charge on any atom is 0.312 e. The first-order valence-electron chi connectivity index (χ1n) is 3.72. The number of rotatable bonds is 3. The Hall–Kier alpha value is -0.730. The second kappa shape index (κ2) is 2.48. The molecule has 3 N–H and O–H groups in total. The topological polar surface area (TPSA) is 55.1 Å². The average Bonchev–Trinajstić information content (AvgIpc) is 2.64. The Balaban J connectivity index is 2.19. The van der Waals surface area contributed by atoms with Crippen LogP contribution in [0.5, 0.6) is 0 Å². The Kier molecular flexibility index (Phi) is 1.83. The van der Waals surface area contributed by atoms with Crippen LogP contribution in [0.25, 0.3) is 0 Å². The predicted octanol–water partition coefficient (Wildman–Crippen LogP) is 0.845. The van der Waals surface area contributed by atoms with E-state index in [4.69, 9.17) is 5.73 Å². The molecular formula is C7H14N2O. The van der Waals surface area contributed by atoms with E-state index in [0.717, 1.165) is 13.0 Å². The fraction of sp³-hybridized carbons (Fsp3) is 0.857. The standard InChI is InChI=1S/C7H14N2O/c1-2-7(3-4-7)5-9-6(8)10/h2-5H2,1H3,(H3,8,9,10). The van der Waals surface area contributed by atoms with Crippen molar-refractivity contribution in [2.45, 2.75) is 26.2 Å². The molecule has 0 heterocycles. The number of nitrogens with one attached hydrogen (secondary N) is 1. The number of carbonyl (C=O) groups is 1. The summed E-state index contributed by atoms with van der Waals surface area (Å²) < 4.78 is 0. The van der Waals surface area contributed by atoms with Crippen LogP contribution in [0.3, 0.4) is 0 Å². The SMILES string of the molecule is CCC1(CNC(N)=O)CC1. The van der Waals surface area contributed by atoms with Gasteiger partial charge in [0, 0.05) is 6.54 Å². The second-order valence-electron chi connectivity index (χ2n) is 3.07. The summed E-state index contributed by atoms with van der Waals surface area (Å²) in [5.41, 5.74) is 5.34. The van der Waals surface area contributed by atoms with Crippen LogP contribution in [-0.2, 0) is 0 Å². The van der Waals surface area contributed by atoms with Crippen molar-refractivity contribution < 1.29 is 4.79 Å². The number of hydrogen-bond donors (Lipinski definition) is 2. The number of hydrogen-bond acceptors (Lipinski definition) is 1. The molecule has 0 saturated heterocycles. The molecule has 1 aliphatic rings. The third-order valence-electron chi connectivity index (χ3n) is 2.34. The van der Waals surface area contributed by atoms with Gasteiger partial charge in [-0.05, 0) is 24.7 Å². The van der Waals surface area contributed by atoms with Gasteiger partial charge in [0.2, 0.25) is 0 Å². The van der Waals surface area contributed by atoms with Crippen molar-refractivity contribution in [1.82, 2.24) is 5.32 Å². The Morgan fingerprint density at radius 3 is 2.60 bits per heavy atom. The van der Waals surface area contributed by atoms with Crippen molar-refractivity contribution in [2.24, 2.45) is 11.1 Å². The highest BCUT2D eigenvalue weighted by Crippen LogP contribution is 2.47. The summed E-state index contributed by atoms with van der Waals surface area (Å²) in [5.74, 6) is 0. The van der Waals surface area contributed by atoms with E-state index in [1.54, 1.807) is 0 Å². The molecule has 1 rings (SSSR count). The molecule has 0 aliphatic heterocycles. The van der Waals surface area contributed by atoms with E-state index in [1.807, 2.05) is 0 Å². The van der Waals surface area contributed by atoms with E-state index in [9.17, 15) is 4.79 Å². The van der Waals surface area contributed by atoms with Crippen LogP contribution in [0.2, 0.25) is 0 Å². The summed E-state index contributed by atoms with van der Waals surface area (Å²) in [5, 5.41) is 2.64. The lowest BCUT2D eigenvalue weighted by molar-refractivity contribution is 0.246. The fourth-order valence-corrected chi connectivity index (χ4v) is 1.11. The molecule has 3 nitrogen and oxygen atoms in total. The van der Waals surface area contributed by atoms with Gasteiger partial charge in [0.1, 0.15) is 0 Å². The van der Waals surface area contributed by atoms with Gasteiger partial charge < -0.3 is 11.1 Å². The highest BCUT2D eigenvalue weighted by atomic mass is 16.2. The number of carbonyl (C=O) groups excluding carboxylic acids is 1. The van der Waals surface area contributed by atoms with Gasteiger partial charge in [-0.25, -0.2) is 4.79 Å². The van der Waals surface area contributed by atoms with Crippen molar-refractivity contribution in [1.29, 1.82) is 0 Å². The molecule has 3 heteroatoms. The largest absolute Gasteiger partial charge is 0.352 e. The number of amides is 2. The number of nitrogens with two attached hydrogens (primary N) is 1. The molecule has 1 saturated carbocycles. The van der Waals surface area contributed by atoms with E-state index in [1.165, 1.54) is 12.8 Å². The molecule has 0 aromatic carbocycles. The van der Waals surface area contributed by atoms with Crippen LogP contribution in [-0.4, -0.2) is 12.6 Å². The summed E-state index contributed by atoms with van der Waals surface area (Å²) in [6.45, 7) is 2.91. The van der Waals surface area contributed by atoms with Gasteiger partial charge in [0.15, 0.2) is 0 Å². The normalized spacial score (nSPS) is 20.1. The zero-order valence-corrected chi connectivity index (χ0v) is 6.31. The highest BCUT2D eigenvalue weighted by Gasteiger charge is 2.40. The van der Waals surface area contributed by atoms with Gasteiger partial charge in [0.25, 0.3) is 0 Å². The molecule has 2 amide bonds. The minimum Gasteiger partial charge on any atom is -0.352 e. The Bertz CT molecular complexity index is 141. The highest BCUT2D eigenvalue weighted by molar-refractivity contribution is 5.71. The monoisotopic (exact) mass is 142 g/mol. The molecule has 0 aromatic rings. The molecule has 58 valence electrons. The second-order valence-corrected chi connectivity index (χ2v) is 3.07. The maximum absolute atomic E-state index is 10.3. The Morgan fingerprint density at radius 2 is 2.30 bits per heavy atom. The number of urea groups is 1. The minimum absolute atomic E-state index is 0.403. The minimum atomic E-state index is -0.403. The number of primary amides is 1. The smallest absolute Gasteiger partial charge is 0.312 e. The van der Waals surface area contributed by atoms with Crippen LogP contribution >= 0.6 is 0 Å². The summed E-state index contributed by atoms with van der Waals surface area (Å²) in [4.78, 5) is 10.3. The molecule has 0 unspecified atom stereocenters. The van der Waals surface area contributed by atoms with Crippen LogP contribution < -0.4 is 11.1 Å². The third kappa shape index (κ3) is 1.62. The molecule has 0 aromatic heterocycles. The first-order valence-corrected chi connectivity index (χ1v) is 3.72. The Labute approximate surface area is 61.0 Å². The van der Waals surface area contributed by atoms with Crippen LogP contribution in [0.1, 0.15) is 26.2 Å². The molecule has 0 atom stereocenters. The molecule has 10 heavy (non-hydrogen) atoms. The lowest BCUT2D eigenvalue weighted by Gasteiger charge is -2.10. The van der Waals surface area contributed by atoms with E-state index in [-0.39, 0.29) is 0 Å². The van der Waals surface area contributed by atoms with Gasteiger partial charge in [-0.15, -0.1) is 0 Å². The van der Waals surface area contributed by atoms with Gasteiger partial charge in [-0.2, -0.15) is 0 Å². The van der Waals surface area contributed by atoms with Gasteiger partial charge in [0.05, 0.1) is 0 Å². The first-order chi connectivity index (χ1) is 4.68. The summed E-state index contributed by atoms with van der Waals surface area (Å²) in [7, 11) is 0. The lowest BCUT2D eigenvalue weighted by Crippen LogP contribution is -2.34. The summed E-state index contributed by atoms with van der Waals surface area (Å²) >= 11 is 0. The zero-order valence-electron chi connectivity index (χ0n) is 6.31. The van der Waals surface area contributed by atoms with Gasteiger partial charge in [-0.3, -0.25) is 0 Å². The van der Waals surface area contributed by atoms with Crippen molar-refractivity contribution in [3.05, 3.63) is 0 Å². The van der Waals surface area contributed by atoms with Gasteiger partial charge in [-0.1, -0.05) is 6.92 Å². The predicted molar refractivity (Wildman–Crippen MR) is 39.5 cm³/mol. The van der Waals surface area contributed by atoms with Crippen molar-refractivity contribution in [2.75, 3.05) is 6.54 Å². The van der Waals surface area contributed by atoms with Crippen LogP contribution in [0, 0.1) is 5.41 Å². The van der Waals surface area contributed by atoms with E-state index < -0.39 is 6.03 Å². The van der Waals surface area contributed by atoms with E-state index in [2.05, 4.69) is 12.2 Å². The maximum atomic E-state index is 10.3. The zero-order chi connectivity index (χ0) is 7.61. The Morgan fingerprint density at radius 1 is 1.70 bits per heavy atom. The van der Waals surface area contributed by atoms with Crippen molar-refractivity contribution in [3.63, 3.8) is 0 Å². The van der Waals surface area contributed by atoms with Gasteiger partial charge >= 0.3 is 6.03 Å². The van der Waals surface area contributed by atoms with Crippen molar-refractivity contribution >= 4 is 6.03 Å².